The van der Waals surface area contributed by atoms with E-state index >= 15 is 0 Å². The molecule has 0 saturated heterocycles. The first-order valence-electron chi connectivity index (χ1n) is 6.29. The number of carboxylic acids is 1. The normalized spacial score (nSPS) is 12.6. The summed E-state index contributed by atoms with van der Waals surface area (Å²) in [5.74, 6) is -2.54. The number of aryl methyl sites for hydroxylation is 1. The molecule has 0 radical (unpaired) electrons. The van der Waals surface area contributed by atoms with Crippen molar-refractivity contribution in [3.63, 3.8) is 0 Å². The van der Waals surface area contributed by atoms with Crippen molar-refractivity contribution in [2.24, 2.45) is 0 Å². The van der Waals surface area contributed by atoms with E-state index in [1.54, 1.807) is 0 Å². The van der Waals surface area contributed by atoms with Gasteiger partial charge in [-0.3, -0.25) is 9.35 Å². The summed E-state index contributed by atoms with van der Waals surface area (Å²) in [6.07, 6.45) is 0.169. The van der Waals surface area contributed by atoms with Crippen LogP contribution in [-0.4, -0.2) is 41.7 Å². The van der Waals surface area contributed by atoms with Crippen molar-refractivity contribution in [2.75, 3.05) is 5.75 Å². The van der Waals surface area contributed by atoms with Gasteiger partial charge in [0, 0.05) is 6.42 Å². The summed E-state index contributed by atoms with van der Waals surface area (Å²) >= 11 is 0. The van der Waals surface area contributed by atoms with Gasteiger partial charge in [0.05, 0.1) is 5.75 Å². The third-order valence-electron chi connectivity index (χ3n) is 2.78. The molecule has 0 aliphatic heterocycles. The van der Waals surface area contributed by atoms with Gasteiger partial charge in [-0.25, -0.2) is 4.79 Å². The minimum absolute atomic E-state index is 0.0969. The SMILES string of the molecule is O=C(CCc1ccccc1)N[C@@H](CCS(=O)(=O)O)C(=O)O. The number of benzene rings is 1. The van der Waals surface area contributed by atoms with E-state index in [-0.39, 0.29) is 12.8 Å². The molecule has 0 bridgehead atoms. The lowest BCUT2D eigenvalue weighted by Crippen LogP contribution is -2.42. The zero-order valence-electron chi connectivity index (χ0n) is 11.2. The monoisotopic (exact) mass is 315 g/mol. The van der Waals surface area contributed by atoms with Crippen LogP contribution in [0.3, 0.4) is 0 Å². The molecule has 116 valence electrons. The Labute approximate surface area is 122 Å². The minimum atomic E-state index is -4.26. The zero-order chi connectivity index (χ0) is 15.9. The van der Waals surface area contributed by atoms with Gasteiger partial charge in [-0.05, 0) is 18.4 Å². The van der Waals surface area contributed by atoms with Crippen molar-refractivity contribution in [3.05, 3.63) is 35.9 Å². The highest BCUT2D eigenvalue weighted by Gasteiger charge is 2.22. The zero-order valence-corrected chi connectivity index (χ0v) is 12.0. The van der Waals surface area contributed by atoms with Crippen molar-refractivity contribution in [2.45, 2.75) is 25.3 Å². The molecule has 0 fully saturated rings. The predicted octanol–water partition coefficient (Wildman–Crippen LogP) is 0.466. The number of rotatable bonds is 8. The average molecular weight is 315 g/mol. The molecule has 0 heterocycles. The number of nitrogens with one attached hydrogen (secondary N) is 1. The van der Waals surface area contributed by atoms with Gasteiger partial charge in [0.25, 0.3) is 10.1 Å². The molecule has 7 nitrogen and oxygen atoms in total. The van der Waals surface area contributed by atoms with Crippen LogP contribution < -0.4 is 5.32 Å². The van der Waals surface area contributed by atoms with E-state index in [9.17, 15) is 18.0 Å². The van der Waals surface area contributed by atoms with Crippen LogP contribution >= 0.6 is 0 Å². The van der Waals surface area contributed by atoms with Crippen LogP contribution in [0.5, 0.6) is 0 Å². The lowest BCUT2D eigenvalue weighted by molar-refractivity contribution is -0.141. The number of carbonyl (C=O) groups excluding carboxylic acids is 1. The summed E-state index contributed by atoms with van der Waals surface area (Å²) in [6, 6.07) is 7.87. The summed E-state index contributed by atoms with van der Waals surface area (Å²) < 4.78 is 29.8. The molecule has 21 heavy (non-hydrogen) atoms. The molecule has 1 aromatic rings. The predicted molar refractivity (Wildman–Crippen MR) is 75.4 cm³/mol. The molecule has 0 saturated carbocycles. The smallest absolute Gasteiger partial charge is 0.326 e. The standard InChI is InChI=1S/C13H17NO6S/c15-12(7-6-10-4-2-1-3-5-10)14-11(13(16)17)8-9-21(18,19)20/h1-5,11H,6-9H2,(H,14,15)(H,16,17)(H,18,19,20)/t11-/m0/s1. The van der Waals surface area contributed by atoms with Crippen molar-refractivity contribution >= 4 is 22.0 Å². The third kappa shape index (κ3) is 7.42. The summed E-state index contributed by atoms with van der Waals surface area (Å²) in [4.78, 5) is 22.6. The number of aliphatic carboxylic acids is 1. The van der Waals surface area contributed by atoms with E-state index in [1.165, 1.54) is 0 Å². The van der Waals surface area contributed by atoms with Crippen molar-refractivity contribution in [1.82, 2.24) is 5.32 Å². The van der Waals surface area contributed by atoms with E-state index < -0.39 is 33.8 Å². The highest BCUT2D eigenvalue weighted by Crippen LogP contribution is 2.03. The maximum Gasteiger partial charge on any atom is 0.326 e. The Kier molecular flexibility index (Phi) is 6.32. The molecule has 1 atom stereocenters. The molecule has 0 aromatic heterocycles. The Balaban J connectivity index is 2.47. The van der Waals surface area contributed by atoms with Gasteiger partial charge in [0.1, 0.15) is 6.04 Å². The maximum absolute atomic E-state index is 11.7. The second kappa shape index (κ2) is 7.75. The van der Waals surface area contributed by atoms with Crippen molar-refractivity contribution < 1.29 is 27.7 Å². The van der Waals surface area contributed by atoms with Gasteiger partial charge in [-0.15, -0.1) is 0 Å². The number of carbonyl (C=O) groups is 2. The second-order valence-corrected chi connectivity index (χ2v) is 6.09. The largest absolute Gasteiger partial charge is 0.480 e. The molecule has 8 heteroatoms. The molecule has 3 N–H and O–H groups in total. The topological polar surface area (TPSA) is 121 Å². The first-order valence-corrected chi connectivity index (χ1v) is 7.90. The fourth-order valence-corrected chi connectivity index (χ4v) is 2.23. The Morgan fingerprint density at radius 1 is 1.19 bits per heavy atom. The van der Waals surface area contributed by atoms with Gasteiger partial charge in [0.15, 0.2) is 0 Å². The van der Waals surface area contributed by atoms with E-state index in [2.05, 4.69) is 5.32 Å². The Morgan fingerprint density at radius 3 is 2.33 bits per heavy atom. The highest BCUT2D eigenvalue weighted by atomic mass is 32.2. The molecule has 0 aliphatic rings. The molecule has 1 aromatic carbocycles. The molecular weight excluding hydrogens is 298 g/mol. The van der Waals surface area contributed by atoms with Crippen LogP contribution in [0.25, 0.3) is 0 Å². The van der Waals surface area contributed by atoms with Gasteiger partial charge < -0.3 is 10.4 Å². The second-order valence-electron chi connectivity index (χ2n) is 4.52. The first kappa shape index (κ1) is 17.1. The van der Waals surface area contributed by atoms with Crippen LogP contribution in [0.1, 0.15) is 18.4 Å². The number of amides is 1. The maximum atomic E-state index is 11.7. The Morgan fingerprint density at radius 2 is 1.81 bits per heavy atom. The van der Waals surface area contributed by atoms with Crippen LogP contribution in [0.2, 0.25) is 0 Å². The molecule has 0 spiro atoms. The van der Waals surface area contributed by atoms with E-state index in [4.69, 9.17) is 9.66 Å². The number of hydrogen-bond acceptors (Lipinski definition) is 4. The first-order chi connectivity index (χ1) is 9.78. The number of hydrogen-bond donors (Lipinski definition) is 3. The Bertz CT molecular complexity index is 584. The van der Waals surface area contributed by atoms with Gasteiger partial charge in [0.2, 0.25) is 5.91 Å². The van der Waals surface area contributed by atoms with E-state index in [0.717, 1.165) is 5.56 Å². The number of carboxylic acid groups (broad SMARTS) is 1. The third-order valence-corrected chi connectivity index (χ3v) is 3.53. The lowest BCUT2D eigenvalue weighted by atomic mass is 10.1. The van der Waals surface area contributed by atoms with Gasteiger partial charge >= 0.3 is 5.97 Å². The van der Waals surface area contributed by atoms with Crippen LogP contribution in [0.15, 0.2) is 30.3 Å². The quantitative estimate of drug-likeness (QED) is 0.600. The molecule has 0 aliphatic carbocycles. The highest BCUT2D eigenvalue weighted by molar-refractivity contribution is 7.85. The average Bonchev–Trinajstić information content (AvgIpc) is 2.41. The van der Waals surface area contributed by atoms with Gasteiger partial charge in [-0.1, -0.05) is 30.3 Å². The molecule has 0 unspecified atom stereocenters. The summed E-state index contributed by atoms with van der Waals surface area (Å²) in [6.45, 7) is 0. The fraction of sp³-hybridized carbons (Fsp3) is 0.385. The van der Waals surface area contributed by atoms with Crippen molar-refractivity contribution in [3.8, 4) is 0 Å². The molecular formula is C13H17NO6S. The van der Waals surface area contributed by atoms with Gasteiger partial charge in [-0.2, -0.15) is 8.42 Å². The fourth-order valence-electron chi connectivity index (χ4n) is 1.69. The molecule has 1 amide bonds. The van der Waals surface area contributed by atoms with Crippen LogP contribution in [0.4, 0.5) is 0 Å². The summed E-state index contributed by atoms with van der Waals surface area (Å²) in [5, 5.41) is 11.2. The minimum Gasteiger partial charge on any atom is -0.480 e. The van der Waals surface area contributed by atoms with Crippen molar-refractivity contribution in [1.29, 1.82) is 0 Å². The lowest BCUT2D eigenvalue weighted by Gasteiger charge is -2.13. The van der Waals surface area contributed by atoms with Crippen LogP contribution in [0, 0.1) is 0 Å². The summed E-state index contributed by atoms with van der Waals surface area (Å²) in [7, 11) is -4.26. The molecule has 1 rings (SSSR count). The van der Waals surface area contributed by atoms with E-state index in [1.807, 2.05) is 30.3 Å². The Hall–Kier alpha value is -1.93. The summed E-state index contributed by atoms with van der Waals surface area (Å²) in [5.41, 5.74) is 0.942. The van der Waals surface area contributed by atoms with Crippen LogP contribution in [-0.2, 0) is 26.1 Å². The van der Waals surface area contributed by atoms with E-state index in [0.29, 0.717) is 6.42 Å².